The Labute approximate surface area is 101 Å². The van der Waals surface area contributed by atoms with E-state index in [1.54, 1.807) is 12.1 Å². The first-order valence-corrected chi connectivity index (χ1v) is 6.05. The molecule has 4 nitrogen and oxygen atoms in total. The molecule has 0 radical (unpaired) electrons. The van der Waals surface area contributed by atoms with Gasteiger partial charge in [0, 0.05) is 19.2 Å². The van der Waals surface area contributed by atoms with Crippen LogP contribution in [0.25, 0.3) is 0 Å². The molecule has 17 heavy (non-hydrogen) atoms. The van der Waals surface area contributed by atoms with Gasteiger partial charge in [-0.15, -0.1) is 0 Å². The molecule has 0 aromatic heterocycles. The Morgan fingerprint density at radius 1 is 1.29 bits per heavy atom. The molecule has 1 aromatic carbocycles. The molecule has 1 fully saturated rings. The minimum Gasteiger partial charge on any atom is -0.504 e. The Hall–Kier alpha value is -1.26. The number of benzene rings is 1. The predicted molar refractivity (Wildman–Crippen MR) is 65.0 cm³/mol. The van der Waals surface area contributed by atoms with Gasteiger partial charge in [-0.1, -0.05) is 6.07 Å². The summed E-state index contributed by atoms with van der Waals surface area (Å²) in [7, 11) is 0. The quantitative estimate of drug-likeness (QED) is 0.683. The topological polar surface area (TPSA) is 61.7 Å². The number of rotatable bonds is 5. The second-order valence-corrected chi connectivity index (χ2v) is 4.45. The summed E-state index contributed by atoms with van der Waals surface area (Å²) in [5.74, 6) is -0.140. The molecule has 1 aliphatic rings. The van der Waals surface area contributed by atoms with Gasteiger partial charge in [0.1, 0.15) is 0 Å². The molecule has 2 rings (SSSR count). The van der Waals surface area contributed by atoms with Crippen LogP contribution in [-0.2, 0) is 11.3 Å². The zero-order valence-corrected chi connectivity index (χ0v) is 10.0. The van der Waals surface area contributed by atoms with Crippen molar-refractivity contribution in [3.8, 4) is 11.5 Å². The fourth-order valence-electron chi connectivity index (χ4n) is 2.05. The van der Waals surface area contributed by atoms with Crippen molar-refractivity contribution in [1.82, 2.24) is 5.32 Å². The third-order valence-electron chi connectivity index (χ3n) is 3.13. The molecule has 0 unspecified atom stereocenters. The molecule has 0 spiro atoms. The molecule has 0 saturated heterocycles. The van der Waals surface area contributed by atoms with Crippen LogP contribution in [-0.4, -0.2) is 29.0 Å². The number of ether oxygens (including phenoxy) is 1. The van der Waals surface area contributed by atoms with E-state index in [0.717, 1.165) is 25.0 Å². The van der Waals surface area contributed by atoms with Crippen molar-refractivity contribution in [2.45, 2.75) is 38.5 Å². The van der Waals surface area contributed by atoms with Gasteiger partial charge in [-0.2, -0.15) is 0 Å². The lowest BCUT2D eigenvalue weighted by atomic mass is 9.89. The normalized spacial score (nSPS) is 23.4. The first-order valence-electron chi connectivity index (χ1n) is 6.05. The van der Waals surface area contributed by atoms with E-state index in [0.29, 0.717) is 18.7 Å². The van der Waals surface area contributed by atoms with Gasteiger partial charge < -0.3 is 20.3 Å². The van der Waals surface area contributed by atoms with Crippen molar-refractivity contribution in [1.29, 1.82) is 0 Å². The van der Waals surface area contributed by atoms with Crippen molar-refractivity contribution in [3.63, 3.8) is 0 Å². The summed E-state index contributed by atoms with van der Waals surface area (Å²) in [6, 6.07) is 5.40. The SMILES string of the molecule is CCOC1CC(NCc2ccc(O)c(O)c2)C1. The Morgan fingerprint density at radius 3 is 2.71 bits per heavy atom. The molecule has 0 bridgehead atoms. The molecule has 4 heteroatoms. The second kappa shape index (κ2) is 5.38. The van der Waals surface area contributed by atoms with Crippen molar-refractivity contribution >= 4 is 0 Å². The maximum absolute atomic E-state index is 9.35. The van der Waals surface area contributed by atoms with Crippen LogP contribution in [0, 0.1) is 0 Å². The highest BCUT2D eigenvalue weighted by Gasteiger charge is 2.28. The summed E-state index contributed by atoms with van der Waals surface area (Å²) in [4.78, 5) is 0. The monoisotopic (exact) mass is 237 g/mol. The molecular formula is C13H19NO3. The van der Waals surface area contributed by atoms with Crippen LogP contribution in [0.2, 0.25) is 0 Å². The maximum atomic E-state index is 9.35. The molecule has 3 N–H and O–H groups in total. The van der Waals surface area contributed by atoms with Gasteiger partial charge in [-0.05, 0) is 37.5 Å². The Kier molecular flexibility index (Phi) is 3.86. The summed E-state index contributed by atoms with van der Waals surface area (Å²) in [6.07, 6.45) is 2.52. The molecule has 0 atom stereocenters. The molecule has 1 aromatic rings. The third-order valence-corrected chi connectivity index (χ3v) is 3.13. The van der Waals surface area contributed by atoms with E-state index in [1.165, 1.54) is 6.07 Å². The van der Waals surface area contributed by atoms with Crippen LogP contribution >= 0.6 is 0 Å². The highest BCUT2D eigenvalue weighted by Crippen LogP contribution is 2.26. The van der Waals surface area contributed by atoms with Gasteiger partial charge in [0.2, 0.25) is 0 Å². The average molecular weight is 237 g/mol. The van der Waals surface area contributed by atoms with Gasteiger partial charge in [0.15, 0.2) is 11.5 Å². The van der Waals surface area contributed by atoms with Crippen LogP contribution in [0.3, 0.4) is 0 Å². The largest absolute Gasteiger partial charge is 0.504 e. The molecule has 94 valence electrons. The lowest BCUT2D eigenvalue weighted by Gasteiger charge is -2.35. The van der Waals surface area contributed by atoms with E-state index in [9.17, 15) is 10.2 Å². The predicted octanol–water partition coefficient (Wildman–Crippen LogP) is 1.75. The number of phenols is 2. The lowest BCUT2D eigenvalue weighted by molar-refractivity contribution is -0.0102. The first kappa shape index (κ1) is 12.2. The van der Waals surface area contributed by atoms with Crippen LogP contribution in [0.15, 0.2) is 18.2 Å². The van der Waals surface area contributed by atoms with E-state index in [1.807, 2.05) is 6.92 Å². The van der Waals surface area contributed by atoms with E-state index in [-0.39, 0.29) is 11.5 Å². The van der Waals surface area contributed by atoms with Crippen molar-refractivity contribution in [2.24, 2.45) is 0 Å². The molecular weight excluding hydrogens is 218 g/mol. The van der Waals surface area contributed by atoms with E-state index in [4.69, 9.17) is 4.74 Å². The summed E-state index contributed by atoms with van der Waals surface area (Å²) in [5, 5.41) is 21.9. The standard InChI is InChI=1S/C13H19NO3/c1-2-17-11-6-10(7-11)14-8-9-3-4-12(15)13(16)5-9/h3-5,10-11,14-16H,2,6-8H2,1H3. The summed E-state index contributed by atoms with van der Waals surface area (Å²) < 4.78 is 5.48. The average Bonchev–Trinajstić information content (AvgIpc) is 2.26. The second-order valence-electron chi connectivity index (χ2n) is 4.45. The van der Waals surface area contributed by atoms with Gasteiger partial charge >= 0.3 is 0 Å². The third kappa shape index (κ3) is 3.11. The zero-order chi connectivity index (χ0) is 12.3. The smallest absolute Gasteiger partial charge is 0.157 e. The highest BCUT2D eigenvalue weighted by atomic mass is 16.5. The molecule has 1 saturated carbocycles. The number of phenolic OH excluding ortho intramolecular Hbond substituents is 2. The van der Waals surface area contributed by atoms with Gasteiger partial charge in [0.25, 0.3) is 0 Å². The Morgan fingerprint density at radius 2 is 2.06 bits per heavy atom. The maximum Gasteiger partial charge on any atom is 0.157 e. The molecule has 0 aliphatic heterocycles. The van der Waals surface area contributed by atoms with Crippen molar-refractivity contribution in [2.75, 3.05) is 6.61 Å². The van der Waals surface area contributed by atoms with E-state index < -0.39 is 0 Å². The van der Waals surface area contributed by atoms with Crippen LogP contribution in [0.4, 0.5) is 0 Å². The minimum absolute atomic E-state index is 0.0647. The first-order chi connectivity index (χ1) is 8.19. The van der Waals surface area contributed by atoms with E-state index >= 15 is 0 Å². The van der Waals surface area contributed by atoms with Crippen LogP contribution < -0.4 is 5.32 Å². The lowest BCUT2D eigenvalue weighted by Crippen LogP contribution is -2.45. The number of aromatic hydroxyl groups is 2. The minimum atomic E-state index is -0.0752. The Balaban J connectivity index is 1.74. The van der Waals surface area contributed by atoms with Crippen LogP contribution in [0.5, 0.6) is 11.5 Å². The van der Waals surface area contributed by atoms with Gasteiger partial charge in [-0.3, -0.25) is 0 Å². The number of hydrogen-bond acceptors (Lipinski definition) is 4. The molecule has 1 aliphatic carbocycles. The van der Waals surface area contributed by atoms with Gasteiger partial charge in [-0.25, -0.2) is 0 Å². The summed E-state index contributed by atoms with van der Waals surface area (Å²) in [5.41, 5.74) is 0.972. The van der Waals surface area contributed by atoms with Gasteiger partial charge in [0.05, 0.1) is 6.10 Å². The highest BCUT2D eigenvalue weighted by molar-refractivity contribution is 5.40. The fraction of sp³-hybridized carbons (Fsp3) is 0.538. The fourth-order valence-corrected chi connectivity index (χ4v) is 2.05. The Bertz CT molecular complexity index is 375. The zero-order valence-electron chi connectivity index (χ0n) is 10.0. The van der Waals surface area contributed by atoms with Crippen molar-refractivity contribution in [3.05, 3.63) is 23.8 Å². The van der Waals surface area contributed by atoms with Crippen LogP contribution in [0.1, 0.15) is 25.3 Å². The van der Waals surface area contributed by atoms with Crippen molar-refractivity contribution < 1.29 is 14.9 Å². The summed E-state index contributed by atoms with van der Waals surface area (Å²) >= 11 is 0. The summed E-state index contributed by atoms with van der Waals surface area (Å²) in [6.45, 7) is 3.50. The number of nitrogens with one attached hydrogen (secondary N) is 1. The molecule has 0 heterocycles. The molecule has 0 amide bonds. The van der Waals surface area contributed by atoms with E-state index in [2.05, 4.69) is 5.32 Å². The number of hydrogen-bond donors (Lipinski definition) is 3.